The summed E-state index contributed by atoms with van der Waals surface area (Å²) in [7, 11) is 0. The third-order valence-electron chi connectivity index (χ3n) is 4.24. The van der Waals surface area contributed by atoms with Crippen molar-refractivity contribution in [2.75, 3.05) is 0 Å². The van der Waals surface area contributed by atoms with Gasteiger partial charge < -0.3 is 5.32 Å². The van der Waals surface area contributed by atoms with E-state index in [4.69, 9.17) is 0 Å². The van der Waals surface area contributed by atoms with E-state index in [1.165, 1.54) is 19.3 Å². The highest BCUT2D eigenvalue weighted by Crippen LogP contribution is 2.48. The highest BCUT2D eigenvalue weighted by atomic mass is 16.1. The van der Waals surface area contributed by atoms with E-state index in [0.717, 1.165) is 18.0 Å². The number of pyridine rings is 1. The monoisotopic (exact) mass is 230 g/mol. The van der Waals surface area contributed by atoms with Gasteiger partial charge in [0, 0.05) is 12.1 Å². The number of amides is 1. The van der Waals surface area contributed by atoms with E-state index in [0.29, 0.717) is 12.5 Å². The molecular formula is C14H18N2O. The first-order valence-corrected chi connectivity index (χ1v) is 6.50. The Kier molecular flexibility index (Phi) is 2.83. The van der Waals surface area contributed by atoms with Crippen LogP contribution < -0.4 is 5.32 Å². The molecule has 1 aromatic heterocycles. The lowest BCUT2D eigenvalue weighted by molar-refractivity contribution is -0.126. The molecule has 1 aromatic rings. The van der Waals surface area contributed by atoms with Gasteiger partial charge in [-0.15, -0.1) is 0 Å². The molecule has 3 atom stereocenters. The van der Waals surface area contributed by atoms with Crippen molar-refractivity contribution in [3.05, 3.63) is 30.1 Å². The molecule has 2 fully saturated rings. The third kappa shape index (κ3) is 2.19. The van der Waals surface area contributed by atoms with Gasteiger partial charge in [0.25, 0.3) is 0 Å². The van der Waals surface area contributed by atoms with Crippen molar-refractivity contribution in [2.24, 2.45) is 17.8 Å². The molecule has 0 aromatic carbocycles. The number of carbonyl (C=O) groups is 1. The largest absolute Gasteiger partial charge is 0.350 e. The minimum Gasteiger partial charge on any atom is -0.350 e. The fraction of sp³-hybridized carbons (Fsp3) is 0.571. The lowest BCUT2D eigenvalue weighted by atomic mass is 9.88. The fourth-order valence-electron chi connectivity index (χ4n) is 3.38. The van der Waals surface area contributed by atoms with Crippen molar-refractivity contribution in [1.29, 1.82) is 0 Å². The maximum Gasteiger partial charge on any atom is 0.223 e. The Hall–Kier alpha value is -1.38. The average molecular weight is 230 g/mol. The summed E-state index contributed by atoms with van der Waals surface area (Å²) in [6.07, 6.45) is 6.75. The van der Waals surface area contributed by atoms with Crippen molar-refractivity contribution in [1.82, 2.24) is 10.3 Å². The summed E-state index contributed by atoms with van der Waals surface area (Å²) in [5.74, 6) is 2.00. The van der Waals surface area contributed by atoms with Crippen LogP contribution in [-0.2, 0) is 11.3 Å². The Bertz CT molecular complexity index is 404. The van der Waals surface area contributed by atoms with Crippen LogP contribution in [0, 0.1) is 17.8 Å². The molecule has 1 amide bonds. The van der Waals surface area contributed by atoms with E-state index in [1.807, 2.05) is 18.2 Å². The molecule has 2 aliphatic rings. The summed E-state index contributed by atoms with van der Waals surface area (Å²) in [4.78, 5) is 16.3. The van der Waals surface area contributed by atoms with Gasteiger partial charge in [0.1, 0.15) is 0 Å². The molecule has 0 aliphatic heterocycles. The zero-order valence-corrected chi connectivity index (χ0v) is 9.93. The number of fused-ring (bicyclic) bond motifs is 2. The quantitative estimate of drug-likeness (QED) is 0.864. The molecule has 3 unspecified atom stereocenters. The summed E-state index contributed by atoms with van der Waals surface area (Å²) in [5, 5.41) is 3.02. The first kappa shape index (κ1) is 10.8. The lowest BCUT2D eigenvalue weighted by Crippen LogP contribution is -2.33. The molecule has 3 heteroatoms. The van der Waals surface area contributed by atoms with Gasteiger partial charge in [-0.05, 0) is 43.2 Å². The van der Waals surface area contributed by atoms with Crippen molar-refractivity contribution >= 4 is 5.91 Å². The van der Waals surface area contributed by atoms with Gasteiger partial charge in [-0.25, -0.2) is 0 Å². The Morgan fingerprint density at radius 3 is 2.94 bits per heavy atom. The Balaban J connectivity index is 1.54. The van der Waals surface area contributed by atoms with Gasteiger partial charge in [-0.3, -0.25) is 9.78 Å². The molecule has 2 saturated carbocycles. The first-order chi connectivity index (χ1) is 8.33. The van der Waals surface area contributed by atoms with E-state index in [9.17, 15) is 4.79 Å². The highest BCUT2D eigenvalue weighted by molar-refractivity contribution is 5.79. The SMILES string of the molecule is O=C(NCc1ccccn1)C1CC2CCC1C2. The highest BCUT2D eigenvalue weighted by Gasteiger charge is 2.42. The van der Waals surface area contributed by atoms with Crippen LogP contribution in [0.4, 0.5) is 0 Å². The molecule has 2 aliphatic carbocycles. The molecule has 0 radical (unpaired) electrons. The van der Waals surface area contributed by atoms with Crippen LogP contribution in [0.3, 0.4) is 0 Å². The Morgan fingerprint density at radius 2 is 2.29 bits per heavy atom. The molecule has 3 rings (SSSR count). The van der Waals surface area contributed by atoms with Crippen LogP contribution in [0.5, 0.6) is 0 Å². The van der Waals surface area contributed by atoms with Gasteiger partial charge in [-0.1, -0.05) is 12.5 Å². The smallest absolute Gasteiger partial charge is 0.223 e. The summed E-state index contributed by atoms with van der Waals surface area (Å²) in [6, 6.07) is 5.79. The van der Waals surface area contributed by atoms with Crippen molar-refractivity contribution < 1.29 is 4.79 Å². The molecule has 90 valence electrons. The Morgan fingerprint density at radius 1 is 1.35 bits per heavy atom. The topological polar surface area (TPSA) is 42.0 Å². The first-order valence-electron chi connectivity index (χ1n) is 6.50. The number of rotatable bonds is 3. The fourth-order valence-corrected chi connectivity index (χ4v) is 3.38. The maximum atomic E-state index is 12.1. The van der Waals surface area contributed by atoms with E-state index >= 15 is 0 Å². The summed E-state index contributed by atoms with van der Waals surface area (Å²) >= 11 is 0. The predicted octanol–water partition coefficient (Wildman–Crippen LogP) is 2.13. The molecule has 0 saturated heterocycles. The number of hydrogen-bond acceptors (Lipinski definition) is 2. The van der Waals surface area contributed by atoms with Crippen molar-refractivity contribution in [3.63, 3.8) is 0 Å². The van der Waals surface area contributed by atoms with Crippen LogP contribution in [0.25, 0.3) is 0 Å². The van der Waals surface area contributed by atoms with Gasteiger partial charge >= 0.3 is 0 Å². The zero-order valence-electron chi connectivity index (χ0n) is 9.93. The van der Waals surface area contributed by atoms with Crippen LogP contribution >= 0.6 is 0 Å². The second kappa shape index (κ2) is 4.47. The summed E-state index contributed by atoms with van der Waals surface area (Å²) in [5.41, 5.74) is 0.934. The lowest BCUT2D eigenvalue weighted by Gasteiger charge is -2.20. The minimum atomic E-state index is 0.239. The number of hydrogen-bond donors (Lipinski definition) is 1. The third-order valence-corrected chi connectivity index (χ3v) is 4.24. The number of aromatic nitrogens is 1. The molecule has 1 N–H and O–H groups in total. The molecule has 17 heavy (non-hydrogen) atoms. The van der Waals surface area contributed by atoms with Crippen LogP contribution in [0.15, 0.2) is 24.4 Å². The van der Waals surface area contributed by atoms with Crippen LogP contribution in [0.2, 0.25) is 0 Å². The van der Waals surface area contributed by atoms with E-state index in [2.05, 4.69) is 10.3 Å². The normalized spacial score (nSPS) is 30.5. The van der Waals surface area contributed by atoms with Gasteiger partial charge in [0.05, 0.1) is 12.2 Å². The average Bonchev–Trinajstić information content (AvgIpc) is 2.99. The second-order valence-electron chi connectivity index (χ2n) is 5.32. The Labute approximate surface area is 102 Å². The maximum absolute atomic E-state index is 12.1. The van der Waals surface area contributed by atoms with Gasteiger partial charge in [-0.2, -0.15) is 0 Å². The standard InChI is InChI=1S/C14H18N2O/c17-14(13-8-10-4-5-11(13)7-10)16-9-12-3-1-2-6-15-12/h1-3,6,10-11,13H,4-5,7-9H2,(H,16,17). The van der Waals surface area contributed by atoms with Gasteiger partial charge in [0.2, 0.25) is 5.91 Å². The van der Waals surface area contributed by atoms with Crippen molar-refractivity contribution in [2.45, 2.75) is 32.2 Å². The van der Waals surface area contributed by atoms with E-state index in [-0.39, 0.29) is 11.8 Å². The molecular weight excluding hydrogens is 212 g/mol. The molecule has 3 nitrogen and oxygen atoms in total. The predicted molar refractivity (Wildman–Crippen MR) is 65.0 cm³/mol. The molecule has 0 spiro atoms. The summed E-state index contributed by atoms with van der Waals surface area (Å²) < 4.78 is 0. The van der Waals surface area contributed by atoms with Crippen LogP contribution in [0.1, 0.15) is 31.4 Å². The summed E-state index contributed by atoms with van der Waals surface area (Å²) in [6.45, 7) is 0.563. The number of carbonyl (C=O) groups excluding carboxylic acids is 1. The minimum absolute atomic E-state index is 0.239. The van der Waals surface area contributed by atoms with Crippen LogP contribution in [-0.4, -0.2) is 10.9 Å². The number of nitrogens with zero attached hydrogens (tertiary/aromatic N) is 1. The van der Waals surface area contributed by atoms with Crippen molar-refractivity contribution in [3.8, 4) is 0 Å². The van der Waals surface area contributed by atoms with E-state index < -0.39 is 0 Å². The van der Waals surface area contributed by atoms with Gasteiger partial charge in [0.15, 0.2) is 0 Å². The zero-order chi connectivity index (χ0) is 11.7. The second-order valence-corrected chi connectivity index (χ2v) is 5.32. The van der Waals surface area contributed by atoms with E-state index in [1.54, 1.807) is 6.20 Å². The number of nitrogens with one attached hydrogen (secondary N) is 1. The molecule has 1 heterocycles. The molecule has 2 bridgehead atoms.